The number of benzene rings is 2. The molecule has 0 saturated heterocycles. The maximum atomic E-state index is 11.9. The molecule has 0 fully saturated rings. The SMILES string of the molecule is CCN(CC)CCCOC(=O)COCC(c1ccccc1)c1ccccc1. The second kappa shape index (κ2) is 12.3. The van der Waals surface area contributed by atoms with Gasteiger partial charge in [0.2, 0.25) is 0 Å². The first-order chi connectivity index (χ1) is 13.2. The number of hydrogen-bond donors (Lipinski definition) is 0. The van der Waals surface area contributed by atoms with Crippen LogP contribution in [0.5, 0.6) is 0 Å². The van der Waals surface area contributed by atoms with Crippen molar-refractivity contribution >= 4 is 5.97 Å². The first-order valence-corrected chi connectivity index (χ1v) is 9.80. The van der Waals surface area contributed by atoms with Gasteiger partial charge in [0.05, 0.1) is 13.2 Å². The summed E-state index contributed by atoms with van der Waals surface area (Å²) in [5.41, 5.74) is 2.35. The second-order valence-electron chi connectivity index (χ2n) is 6.49. The smallest absolute Gasteiger partial charge is 0.332 e. The lowest BCUT2D eigenvalue weighted by Crippen LogP contribution is -2.25. The van der Waals surface area contributed by atoms with Crippen LogP contribution in [0, 0.1) is 0 Å². The molecule has 0 aliphatic rings. The summed E-state index contributed by atoms with van der Waals surface area (Å²) in [6.07, 6.45) is 0.851. The minimum atomic E-state index is -0.297. The fraction of sp³-hybridized carbons (Fsp3) is 0.435. The standard InChI is InChI=1S/C23H31NO3/c1-3-24(4-2)16-11-17-27-23(25)19-26-18-22(20-12-7-5-8-13-20)21-14-9-6-10-15-21/h5-10,12-15,22H,3-4,11,16-19H2,1-2H3. The van der Waals surface area contributed by atoms with E-state index in [0.29, 0.717) is 13.2 Å². The fourth-order valence-corrected chi connectivity index (χ4v) is 3.07. The summed E-state index contributed by atoms with van der Waals surface area (Å²) in [7, 11) is 0. The maximum absolute atomic E-state index is 11.9. The van der Waals surface area contributed by atoms with Gasteiger partial charge in [0.25, 0.3) is 0 Å². The molecule has 0 aromatic heterocycles. The Morgan fingerprint density at radius 1 is 0.926 bits per heavy atom. The molecule has 4 nitrogen and oxygen atoms in total. The van der Waals surface area contributed by atoms with Gasteiger partial charge in [0, 0.05) is 12.5 Å². The lowest BCUT2D eigenvalue weighted by Gasteiger charge is -2.18. The zero-order valence-electron chi connectivity index (χ0n) is 16.5. The van der Waals surface area contributed by atoms with E-state index >= 15 is 0 Å². The van der Waals surface area contributed by atoms with Crippen molar-refractivity contribution in [1.82, 2.24) is 4.90 Å². The molecule has 2 aromatic rings. The fourth-order valence-electron chi connectivity index (χ4n) is 3.07. The minimum Gasteiger partial charge on any atom is -0.464 e. The van der Waals surface area contributed by atoms with Gasteiger partial charge in [-0.15, -0.1) is 0 Å². The number of carbonyl (C=O) groups is 1. The van der Waals surface area contributed by atoms with E-state index in [1.165, 1.54) is 11.1 Å². The van der Waals surface area contributed by atoms with Crippen LogP contribution in [0.1, 0.15) is 37.3 Å². The second-order valence-corrected chi connectivity index (χ2v) is 6.49. The van der Waals surface area contributed by atoms with E-state index in [-0.39, 0.29) is 18.5 Å². The molecule has 4 heteroatoms. The van der Waals surface area contributed by atoms with Crippen LogP contribution in [-0.2, 0) is 14.3 Å². The number of carbonyl (C=O) groups excluding carboxylic acids is 1. The summed E-state index contributed by atoms with van der Waals surface area (Å²) in [5.74, 6) is -0.197. The third-order valence-electron chi connectivity index (χ3n) is 4.68. The Morgan fingerprint density at radius 2 is 1.48 bits per heavy atom. The molecule has 0 radical (unpaired) electrons. The molecule has 0 spiro atoms. The van der Waals surface area contributed by atoms with E-state index in [0.717, 1.165) is 26.1 Å². The lowest BCUT2D eigenvalue weighted by atomic mass is 9.92. The first kappa shape index (κ1) is 21.1. The highest BCUT2D eigenvalue weighted by atomic mass is 16.6. The van der Waals surface area contributed by atoms with Crippen LogP contribution in [-0.4, -0.2) is 50.3 Å². The van der Waals surface area contributed by atoms with Crippen molar-refractivity contribution in [3.8, 4) is 0 Å². The molecule has 0 atom stereocenters. The molecular weight excluding hydrogens is 338 g/mol. The molecule has 0 N–H and O–H groups in total. The summed E-state index contributed by atoms with van der Waals surface area (Å²) in [6.45, 7) is 8.15. The molecule has 146 valence electrons. The Bertz CT molecular complexity index is 602. The third kappa shape index (κ3) is 7.53. The lowest BCUT2D eigenvalue weighted by molar-refractivity contribution is -0.149. The van der Waals surface area contributed by atoms with Crippen molar-refractivity contribution in [2.75, 3.05) is 39.5 Å². The molecule has 0 aliphatic heterocycles. The topological polar surface area (TPSA) is 38.8 Å². The average molecular weight is 370 g/mol. The largest absolute Gasteiger partial charge is 0.464 e. The zero-order chi connectivity index (χ0) is 19.3. The van der Waals surface area contributed by atoms with Gasteiger partial charge in [-0.25, -0.2) is 4.79 Å². The van der Waals surface area contributed by atoms with Crippen molar-refractivity contribution in [2.24, 2.45) is 0 Å². The Morgan fingerprint density at radius 3 is 2.00 bits per heavy atom. The van der Waals surface area contributed by atoms with Crippen LogP contribution in [0.25, 0.3) is 0 Å². The van der Waals surface area contributed by atoms with Gasteiger partial charge in [-0.2, -0.15) is 0 Å². The Labute approximate surface area is 163 Å². The normalized spacial score (nSPS) is 11.1. The first-order valence-electron chi connectivity index (χ1n) is 9.80. The minimum absolute atomic E-state index is 0.0125. The van der Waals surface area contributed by atoms with Crippen LogP contribution in [0.15, 0.2) is 60.7 Å². The van der Waals surface area contributed by atoms with Gasteiger partial charge in [0.15, 0.2) is 0 Å². The average Bonchev–Trinajstić information content (AvgIpc) is 2.72. The van der Waals surface area contributed by atoms with Crippen molar-refractivity contribution in [3.05, 3.63) is 71.8 Å². The van der Waals surface area contributed by atoms with Crippen molar-refractivity contribution in [1.29, 1.82) is 0 Å². The van der Waals surface area contributed by atoms with E-state index in [1.54, 1.807) is 0 Å². The molecule has 0 amide bonds. The summed E-state index contributed by atoms with van der Waals surface area (Å²) >= 11 is 0. The molecule has 27 heavy (non-hydrogen) atoms. The van der Waals surface area contributed by atoms with E-state index in [4.69, 9.17) is 9.47 Å². The molecule has 0 saturated carbocycles. The van der Waals surface area contributed by atoms with E-state index in [1.807, 2.05) is 36.4 Å². The van der Waals surface area contributed by atoms with E-state index in [9.17, 15) is 4.79 Å². The quantitative estimate of drug-likeness (QED) is 0.417. The molecule has 0 bridgehead atoms. The van der Waals surface area contributed by atoms with E-state index in [2.05, 4.69) is 43.0 Å². The predicted molar refractivity (Wildman–Crippen MR) is 109 cm³/mol. The Hall–Kier alpha value is -2.17. The summed E-state index contributed by atoms with van der Waals surface area (Å²) < 4.78 is 11.0. The summed E-state index contributed by atoms with van der Waals surface area (Å²) in [4.78, 5) is 14.2. The van der Waals surface area contributed by atoms with Crippen molar-refractivity contribution in [2.45, 2.75) is 26.2 Å². The van der Waals surface area contributed by atoms with E-state index < -0.39 is 0 Å². The predicted octanol–water partition coefficient (Wildman–Crippen LogP) is 4.11. The van der Waals surface area contributed by atoms with Gasteiger partial charge in [-0.05, 0) is 30.6 Å². The molecular formula is C23H31NO3. The molecule has 0 heterocycles. The highest BCUT2D eigenvalue weighted by molar-refractivity contribution is 5.70. The highest BCUT2D eigenvalue weighted by Gasteiger charge is 2.15. The summed E-state index contributed by atoms with van der Waals surface area (Å²) in [6, 6.07) is 20.5. The number of nitrogens with zero attached hydrogens (tertiary/aromatic N) is 1. The Balaban J connectivity index is 1.78. The van der Waals surface area contributed by atoms with Gasteiger partial charge in [-0.3, -0.25) is 0 Å². The van der Waals surface area contributed by atoms with Crippen LogP contribution >= 0.6 is 0 Å². The zero-order valence-corrected chi connectivity index (χ0v) is 16.5. The summed E-state index contributed by atoms with van der Waals surface area (Å²) in [5, 5.41) is 0. The number of rotatable bonds is 12. The van der Waals surface area contributed by atoms with Crippen LogP contribution < -0.4 is 0 Å². The van der Waals surface area contributed by atoms with Crippen LogP contribution in [0.2, 0.25) is 0 Å². The molecule has 2 aromatic carbocycles. The van der Waals surface area contributed by atoms with Crippen LogP contribution in [0.4, 0.5) is 0 Å². The monoisotopic (exact) mass is 369 g/mol. The highest BCUT2D eigenvalue weighted by Crippen LogP contribution is 2.24. The van der Waals surface area contributed by atoms with Gasteiger partial charge in [-0.1, -0.05) is 74.5 Å². The van der Waals surface area contributed by atoms with Gasteiger partial charge >= 0.3 is 5.97 Å². The number of hydrogen-bond acceptors (Lipinski definition) is 4. The van der Waals surface area contributed by atoms with Gasteiger partial charge < -0.3 is 14.4 Å². The molecule has 0 unspecified atom stereocenters. The number of esters is 1. The molecule has 2 rings (SSSR count). The molecule has 0 aliphatic carbocycles. The van der Waals surface area contributed by atoms with Crippen LogP contribution in [0.3, 0.4) is 0 Å². The van der Waals surface area contributed by atoms with Crippen molar-refractivity contribution < 1.29 is 14.3 Å². The van der Waals surface area contributed by atoms with Gasteiger partial charge in [0.1, 0.15) is 6.61 Å². The van der Waals surface area contributed by atoms with Crippen molar-refractivity contribution in [3.63, 3.8) is 0 Å². The maximum Gasteiger partial charge on any atom is 0.332 e. The number of ether oxygens (including phenoxy) is 2. The third-order valence-corrected chi connectivity index (χ3v) is 4.68. The Kier molecular flexibility index (Phi) is 9.60.